The van der Waals surface area contributed by atoms with Gasteiger partial charge in [-0.3, -0.25) is 14.9 Å². The van der Waals surface area contributed by atoms with Crippen LogP contribution in [0.15, 0.2) is 17.1 Å². The number of aromatic amines is 1. The van der Waals surface area contributed by atoms with Gasteiger partial charge in [-0.15, -0.1) is 0 Å². The van der Waals surface area contributed by atoms with Crippen molar-refractivity contribution in [1.82, 2.24) is 20.2 Å². The maximum Gasteiger partial charge on any atom is 0.424 e. The number of amides is 2. The maximum atomic E-state index is 13.2. The highest BCUT2D eigenvalue weighted by Crippen LogP contribution is 2.41. The summed E-state index contributed by atoms with van der Waals surface area (Å²) in [7, 11) is 6.79. The molecule has 1 saturated carbocycles. The quantitative estimate of drug-likeness (QED) is 0.354. The number of aliphatic imine (C=N–C) groups is 1. The van der Waals surface area contributed by atoms with Crippen LogP contribution in [-0.4, -0.2) is 83.9 Å². The van der Waals surface area contributed by atoms with Crippen molar-refractivity contribution in [2.24, 2.45) is 10.9 Å². The number of nitrogens with zero attached hydrogens (tertiary/aromatic N) is 4. The minimum atomic E-state index is -0.376. The molecule has 4 rings (SSSR count). The number of phenols is 1. The summed E-state index contributed by atoms with van der Waals surface area (Å²) in [5.41, 5.74) is 3.36. The summed E-state index contributed by atoms with van der Waals surface area (Å²) in [6, 6.07) is 3.53. The van der Waals surface area contributed by atoms with Crippen molar-refractivity contribution >= 4 is 24.0 Å². The van der Waals surface area contributed by atoms with Crippen LogP contribution in [0.3, 0.4) is 0 Å². The maximum absolute atomic E-state index is 13.2. The fraction of sp³-hybridized carbons (Fsp3) is 0.556. The zero-order valence-electron chi connectivity index (χ0n) is 22.9. The van der Waals surface area contributed by atoms with E-state index in [1.165, 1.54) is 5.01 Å². The highest BCUT2D eigenvalue weighted by molar-refractivity contribution is 5.94. The number of methoxy groups -OCH3 is 1. The first-order valence-electron chi connectivity index (χ1n) is 13.0. The number of ether oxygens (including phenoxy) is 2. The number of anilines is 1. The van der Waals surface area contributed by atoms with Gasteiger partial charge < -0.3 is 19.9 Å². The Morgan fingerprint density at radius 3 is 2.63 bits per heavy atom. The number of aromatic hydroxyl groups is 1. The Kier molecular flexibility index (Phi) is 8.25. The summed E-state index contributed by atoms with van der Waals surface area (Å²) >= 11 is 0. The lowest BCUT2D eigenvalue weighted by Gasteiger charge is -2.25. The summed E-state index contributed by atoms with van der Waals surface area (Å²) < 4.78 is 11.1. The third kappa shape index (κ3) is 5.93. The van der Waals surface area contributed by atoms with Crippen LogP contribution in [0.4, 0.5) is 10.6 Å². The molecule has 11 heteroatoms. The topological polar surface area (TPSA) is 132 Å². The molecule has 3 unspecified atom stereocenters. The molecule has 1 aromatic heterocycles. The van der Waals surface area contributed by atoms with E-state index in [1.807, 2.05) is 19.9 Å². The van der Waals surface area contributed by atoms with E-state index >= 15 is 0 Å². The van der Waals surface area contributed by atoms with Crippen molar-refractivity contribution < 1.29 is 24.2 Å². The van der Waals surface area contributed by atoms with E-state index in [1.54, 1.807) is 45.5 Å². The lowest BCUT2D eigenvalue weighted by atomic mass is 10.0. The summed E-state index contributed by atoms with van der Waals surface area (Å²) in [5, 5.41) is 23.9. The van der Waals surface area contributed by atoms with Gasteiger partial charge in [-0.05, 0) is 57.1 Å². The predicted molar refractivity (Wildman–Crippen MR) is 144 cm³/mol. The number of hydrogen-bond acceptors (Lipinski definition) is 8. The first-order valence-corrected chi connectivity index (χ1v) is 13.0. The molecule has 2 aliphatic carbocycles. The number of hydrogen-bond donors (Lipinski definition) is 3. The monoisotopic (exact) mass is 526 g/mol. The van der Waals surface area contributed by atoms with Gasteiger partial charge in [0.05, 0.1) is 7.11 Å². The standard InChI is InChI=1S/C27H38N6O5/c1-15(2)28-14-21-19-10-17(11-20(19)24(37-6)13-23(21)34)26(35)29-25-12-22(30-31-25)16-7-8-18(9-16)38-27(36)33(5)32(3)4/h12-18,34H,7-11H2,1-6H3,(H2,29,30,31,35). The summed E-state index contributed by atoms with van der Waals surface area (Å²) in [6.45, 7) is 3.93. The van der Waals surface area contributed by atoms with E-state index in [2.05, 4.69) is 20.5 Å². The third-order valence-corrected chi connectivity index (χ3v) is 7.33. The molecule has 2 amide bonds. The number of rotatable bonds is 8. The van der Waals surface area contributed by atoms with Crippen LogP contribution in [0.5, 0.6) is 11.5 Å². The SMILES string of the molecule is COc1cc(O)c(C=NC(C)C)c2c1CC(C(=O)Nc1cc(C3CCC(OC(=O)N(C)N(C)C)C3)[nH]n1)C2. The molecule has 3 N–H and O–H groups in total. The molecule has 0 saturated heterocycles. The van der Waals surface area contributed by atoms with Crippen LogP contribution < -0.4 is 10.1 Å². The van der Waals surface area contributed by atoms with Gasteiger partial charge in [0.2, 0.25) is 5.91 Å². The van der Waals surface area contributed by atoms with E-state index in [0.29, 0.717) is 36.4 Å². The predicted octanol–water partition coefficient (Wildman–Crippen LogP) is 3.49. The highest BCUT2D eigenvalue weighted by atomic mass is 16.6. The van der Waals surface area contributed by atoms with E-state index in [0.717, 1.165) is 29.7 Å². The average Bonchev–Trinajstić information content (AvgIpc) is 3.62. The molecule has 0 spiro atoms. The molecular formula is C27H38N6O5. The van der Waals surface area contributed by atoms with E-state index in [9.17, 15) is 14.7 Å². The van der Waals surface area contributed by atoms with Crippen LogP contribution in [0, 0.1) is 5.92 Å². The second-order valence-corrected chi connectivity index (χ2v) is 10.5. The largest absolute Gasteiger partial charge is 0.507 e. The molecule has 2 aromatic rings. The molecule has 0 radical (unpaired) electrons. The lowest BCUT2D eigenvalue weighted by Crippen LogP contribution is -2.40. The number of phenolic OH excluding ortho intramolecular Hbond substituents is 1. The minimum Gasteiger partial charge on any atom is -0.507 e. The normalized spacial score (nSPS) is 20.8. The van der Waals surface area contributed by atoms with Gasteiger partial charge in [-0.1, -0.05) is 0 Å². The van der Waals surface area contributed by atoms with Crippen molar-refractivity contribution in [1.29, 1.82) is 0 Å². The number of carbonyl (C=O) groups is 2. The smallest absolute Gasteiger partial charge is 0.424 e. The van der Waals surface area contributed by atoms with E-state index in [-0.39, 0.29) is 41.7 Å². The molecule has 0 aliphatic heterocycles. The van der Waals surface area contributed by atoms with Crippen molar-refractivity contribution in [3.63, 3.8) is 0 Å². The van der Waals surface area contributed by atoms with Crippen molar-refractivity contribution in [2.75, 3.05) is 33.6 Å². The second kappa shape index (κ2) is 11.4. The molecule has 1 heterocycles. The molecule has 1 aromatic carbocycles. The van der Waals surface area contributed by atoms with Crippen LogP contribution in [0.1, 0.15) is 61.4 Å². The Balaban J connectivity index is 1.39. The summed E-state index contributed by atoms with van der Waals surface area (Å²) in [4.78, 5) is 29.9. The van der Waals surface area contributed by atoms with Gasteiger partial charge in [-0.2, -0.15) is 5.10 Å². The van der Waals surface area contributed by atoms with Gasteiger partial charge >= 0.3 is 6.09 Å². The van der Waals surface area contributed by atoms with E-state index < -0.39 is 0 Å². The Morgan fingerprint density at radius 1 is 1.21 bits per heavy atom. The molecule has 2 aliphatic rings. The minimum absolute atomic E-state index is 0.0862. The fourth-order valence-corrected chi connectivity index (χ4v) is 5.06. The fourth-order valence-electron chi connectivity index (χ4n) is 5.06. The lowest BCUT2D eigenvalue weighted by molar-refractivity contribution is -0.119. The molecule has 1 fully saturated rings. The van der Waals surface area contributed by atoms with Crippen LogP contribution in [0.25, 0.3) is 0 Å². The van der Waals surface area contributed by atoms with Crippen molar-refractivity contribution in [2.45, 2.75) is 64.0 Å². The van der Waals surface area contributed by atoms with Crippen LogP contribution in [-0.2, 0) is 22.4 Å². The number of benzene rings is 1. The first-order chi connectivity index (χ1) is 18.1. The number of nitrogens with one attached hydrogen (secondary N) is 2. The third-order valence-electron chi connectivity index (χ3n) is 7.33. The second-order valence-electron chi connectivity index (χ2n) is 10.5. The Morgan fingerprint density at radius 2 is 1.95 bits per heavy atom. The number of aromatic nitrogens is 2. The Labute approximate surface area is 223 Å². The molecular weight excluding hydrogens is 488 g/mol. The highest BCUT2D eigenvalue weighted by Gasteiger charge is 2.34. The van der Waals surface area contributed by atoms with Crippen molar-refractivity contribution in [3.8, 4) is 11.5 Å². The van der Waals surface area contributed by atoms with Gasteiger partial charge in [0.15, 0.2) is 5.82 Å². The summed E-state index contributed by atoms with van der Waals surface area (Å²) in [5.74, 6) is 0.835. The molecule has 11 nitrogen and oxygen atoms in total. The zero-order chi connectivity index (χ0) is 27.6. The van der Waals surface area contributed by atoms with Crippen LogP contribution >= 0.6 is 0 Å². The number of hydrazine groups is 1. The summed E-state index contributed by atoms with van der Waals surface area (Å²) in [6.07, 6.45) is 4.46. The van der Waals surface area contributed by atoms with Gasteiger partial charge in [0.1, 0.15) is 17.6 Å². The van der Waals surface area contributed by atoms with Crippen molar-refractivity contribution in [3.05, 3.63) is 34.5 Å². The molecule has 38 heavy (non-hydrogen) atoms. The molecule has 3 atom stereocenters. The first kappa shape index (κ1) is 27.4. The van der Waals surface area contributed by atoms with Gasteiger partial charge in [-0.25, -0.2) is 14.8 Å². The zero-order valence-corrected chi connectivity index (χ0v) is 22.9. The Bertz CT molecular complexity index is 1210. The number of carbonyl (C=O) groups excluding carboxylic acids is 2. The van der Waals surface area contributed by atoms with Crippen LogP contribution in [0.2, 0.25) is 0 Å². The average molecular weight is 527 g/mol. The molecule has 0 bridgehead atoms. The number of H-pyrrole nitrogens is 1. The van der Waals surface area contributed by atoms with Gasteiger partial charge in [0, 0.05) is 68.6 Å². The number of fused-ring (bicyclic) bond motifs is 1. The van der Waals surface area contributed by atoms with E-state index in [4.69, 9.17) is 9.47 Å². The molecule has 206 valence electrons. The van der Waals surface area contributed by atoms with Gasteiger partial charge in [0.25, 0.3) is 0 Å². The Hall–Kier alpha value is -3.60.